The second kappa shape index (κ2) is 7.89. The third-order valence-corrected chi connectivity index (χ3v) is 6.61. The van der Waals surface area contributed by atoms with Gasteiger partial charge < -0.3 is 5.32 Å². The molecule has 0 aliphatic rings. The lowest BCUT2D eigenvalue weighted by Crippen LogP contribution is -2.14. The minimum absolute atomic E-state index is 0.360. The number of rotatable bonds is 5. The van der Waals surface area contributed by atoms with Crippen LogP contribution in [0.3, 0.4) is 0 Å². The molecular formula is C18H16N2O7S3. The molecule has 1 amide bonds. The molecule has 0 saturated heterocycles. The Kier molecular flexibility index (Phi) is 5.80. The highest BCUT2D eigenvalue weighted by atomic mass is 32.2. The predicted molar refractivity (Wildman–Crippen MR) is 111 cm³/mol. The SMILES string of the molecule is Cc1nc(-c2ccc(NC(=O)c3cc(S(=O)(=O)O)cc(S(=O)(=O)O)c3)cc2)c(C)s1. The predicted octanol–water partition coefficient (Wildman–Crippen LogP) is 3.17. The van der Waals surface area contributed by atoms with Crippen LogP contribution in [0.25, 0.3) is 11.3 Å². The van der Waals surface area contributed by atoms with Gasteiger partial charge in [0.25, 0.3) is 26.1 Å². The average Bonchev–Trinajstić information content (AvgIpc) is 2.98. The van der Waals surface area contributed by atoms with E-state index in [1.807, 2.05) is 13.8 Å². The maximum absolute atomic E-state index is 12.5. The Bertz CT molecular complexity index is 1290. The van der Waals surface area contributed by atoms with E-state index in [4.69, 9.17) is 0 Å². The van der Waals surface area contributed by atoms with Gasteiger partial charge >= 0.3 is 0 Å². The molecule has 9 nitrogen and oxygen atoms in total. The molecular weight excluding hydrogens is 452 g/mol. The molecule has 12 heteroatoms. The number of carbonyl (C=O) groups is 1. The van der Waals surface area contributed by atoms with E-state index >= 15 is 0 Å². The van der Waals surface area contributed by atoms with Gasteiger partial charge in [0.05, 0.1) is 20.5 Å². The largest absolute Gasteiger partial charge is 0.322 e. The Morgan fingerprint density at radius 2 is 1.47 bits per heavy atom. The lowest BCUT2D eigenvalue weighted by molar-refractivity contribution is 0.102. The molecule has 0 saturated carbocycles. The number of aryl methyl sites for hydroxylation is 2. The second-order valence-corrected chi connectivity index (χ2v) is 10.6. The Morgan fingerprint density at radius 3 is 1.90 bits per heavy atom. The van der Waals surface area contributed by atoms with Gasteiger partial charge in [-0.3, -0.25) is 13.9 Å². The number of nitrogens with one attached hydrogen (secondary N) is 1. The molecule has 0 aliphatic carbocycles. The van der Waals surface area contributed by atoms with Gasteiger partial charge in [0.15, 0.2) is 0 Å². The maximum Gasteiger partial charge on any atom is 0.294 e. The van der Waals surface area contributed by atoms with Crippen LogP contribution >= 0.6 is 11.3 Å². The topological polar surface area (TPSA) is 151 Å². The molecule has 3 N–H and O–H groups in total. The summed E-state index contributed by atoms with van der Waals surface area (Å²) in [6, 6.07) is 8.86. The van der Waals surface area contributed by atoms with Crippen molar-refractivity contribution in [3.05, 3.63) is 57.9 Å². The first-order valence-corrected chi connectivity index (χ1v) is 12.0. The number of hydrogen-bond donors (Lipinski definition) is 3. The molecule has 0 aliphatic heterocycles. The van der Waals surface area contributed by atoms with Crippen LogP contribution < -0.4 is 5.32 Å². The van der Waals surface area contributed by atoms with Gasteiger partial charge in [0, 0.05) is 21.7 Å². The van der Waals surface area contributed by atoms with Crippen LogP contribution in [0.1, 0.15) is 20.2 Å². The van der Waals surface area contributed by atoms with Crippen LogP contribution in [0.4, 0.5) is 5.69 Å². The molecule has 1 heterocycles. The van der Waals surface area contributed by atoms with Crippen molar-refractivity contribution in [1.29, 1.82) is 0 Å². The van der Waals surface area contributed by atoms with Gasteiger partial charge in [-0.2, -0.15) is 16.8 Å². The van der Waals surface area contributed by atoms with E-state index in [2.05, 4.69) is 10.3 Å². The van der Waals surface area contributed by atoms with Crippen molar-refractivity contribution >= 4 is 43.2 Å². The first-order valence-electron chi connectivity index (χ1n) is 8.30. The second-order valence-electron chi connectivity index (χ2n) is 6.31. The summed E-state index contributed by atoms with van der Waals surface area (Å²) in [5.41, 5.74) is 1.65. The van der Waals surface area contributed by atoms with Gasteiger partial charge in [-0.25, -0.2) is 4.98 Å². The third-order valence-electron chi connectivity index (χ3n) is 4.06. The summed E-state index contributed by atoms with van der Waals surface area (Å²) in [6.07, 6.45) is 0. The Hall–Kier alpha value is -2.64. The molecule has 158 valence electrons. The number of anilines is 1. The van der Waals surface area contributed by atoms with Crippen LogP contribution in [-0.4, -0.2) is 36.8 Å². The highest BCUT2D eigenvalue weighted by Gasteiger charge is 2.21. The summed E-state index contributed by atoms with van der Waals surface area (Å²) >= 11 is 1.56. The Morgan fingerprint density at radius 1 is 0.933 bits per heavy atom. The smallest absolute Gasteiger partial charge is 0.294 e. The zero-order valence-corrected chi connectivity index (χ0v) is 18.1. The zero-order chi connectivity index (χ0) is 22.3. The monoisotopic (exact) mass is 468 g/mol. The van der Waals surface area contributed by atoms with E-state index in [9.17, 15) is 30.7 Å². The number of hydrogen-bond acceptors (Lipinski definition) is 7. The van der Waals surface area contributed by atoms with E-state index in [-0.39, 0.29) is 5.56 Å². The zero-order valence-electron chi connectivity index (χ0n) is 15.6. The van der Waals surface area contributed by atoms with Crippen molar-refractivity contribution in [2.75, 3.05) is 5.32 Å². The molecule has 0 bridgehead atoms. The van der Waals surface area contributed by atoms with Gasteiger partial charge in [-0.1, -0.05) is 12.1 Å². The summed E-state index contributed by atoms with van der Waals surface area (Å²) in [7, 11) is -9.63. The van der Waals surface area contributed by atoms with E-state index < -0.39 is 35.9 Å². The van der Waals surface area contributed by atoms with Crippen LogP contribution in [0, 0.1) is 13.8 Å². The minimum atomic E-state index is -4.81. The van der Waals surface area contributed by atoms with E-state index in [0.717, 1.165) is 33.3 Å². The van der Waals surface area contributed by atoms with Crippen molar-refractivity contribution in [3.8, 4) is 11.3 Å². The first-order chi connectivity index (χ1) is 13.8. The first kappa shape index (κ1) is 22.1. The molecule has 0 radical (unpaired) electrons. The summed E-state index contributed by atoms with van der Waals surface area (Å²) < 4.78 is 63.9. The number of aromatic nitrogens is 1. The molecule has 0 unspecified atom stereocenters. The van der Waals surface area contributed by atoms with Crippen molar-refractivity contribution in [1.82, 2.24) is 4.98 Å². The lowest BCUT2D eigenvalue weighted by Gasteiger charge is -2.09. The highest BCUT2D eigenvalue weighted by Crippen LogP contribution is 2.28. The van der Waals surface area contributed by atoms with Crippen LogP contribution in [0.15, 0.2) is 52.3 Å². The highest BCUT2D eigenvalue weighted by molar-refractivity contribution is 7.86. The standard InChI is InChI=1S/C18H16N2O7S3/c1-10-17(19-11(2)28-10)12-3-5-14(6-4-12)20-18(21)13-7-15(29(22,23)24)9-16(8-13)30(25,26)27/h3-9H,1-2H3,(H,20,21)(H,22,23,24)(H,25,26,27). The number of amides is 1. The minimum Gasteiger partial charge on any atom is -0.322 e. The molecule has 30 heavy (non-hydrogen) atoms. The Balaban J connectivity index is 1.91. The van der Waals surface area contributed by atoms with Gasteiger partial charge in [-0.05, 0) is 44.2 Å². The summed E-state index contributed by atoms with van der Waals surface area (Å²) in [6.45, 7) is 3.85. The molecule has 0 fully saturated rings. The van der Waals surface area contributed by atoms with Crippen molar-refractivity contribution in [2.45, 2.75) is 23.6 Å². The fraction of sp³-hybridized carbons (Fsp3) is 0.111. The van der Waals surface area contributed by atoms with Gasteiger partial charge in [0.1, 0.15) is 0 Å². The number of nitrogens with zero attached hydrogens (tertiary/aromatic N) is 1. The van der Waals surface area contributed by atoms with E-state index in [1.165, 1.54) is 0 Å². The molecule has 0 spiro atoms. The van der Waals surface area contributed by atoms with Crippen molar-refractivity contribution in [2.24, 2.45) is 0 Å². The number of benzene rings is 2. The third kappa shape index (κ3) is 4.91. The average molecular weight is 469 g/mol. The fourth-order valence-electron chi connectivity index (χ4n) is 2.71. The molecule has 1 aromatic heterocycles. The maximum atomic E-state index is 12.5. The van der Waals surface area contributed by atoms with Gasteiger partial charge in [-0.15, -0.1) is 11.3 Å². The lowest BCUT2D eigenvalue weighted by atomic mass is 10.1. The van der Waals surface area contributed by atoms with Crippen LogP contribution in [0.5, 0.6) is 0 Å². The van der Waals surface area contributed by atoms with Crippen LogP contribution in [0.2, 0.25) is 0 Å². The van der Waals surface area contributed by atoms with Crippen LogP contribution in [-0.2, 0) is 20.2 Å². The molecule has 2 aromatic carbocycles. The van der Waals surface area contributed by atoms with E-state index in [1.54, 1.807) is 35.6 Å². The quantitative estimate of drug-likeness (QED) is 0.483. The number of carbonyl (C=O) groups excluding carboxylic acids is 1. The van der Waals surface area contributed by atoms with Crippen molar-refractivity contribution in [3.63, 3.8) is 0 Å². The van der Waals surface area contributed by atoms with E-state index in [0.29, 0.717) is 11.8 Å². The summed E-state index contributed by atoms with van der Waals surface area (Å²) in [4.78, 5) is 16.3. The normalized spacial score (nSPS) is 12.0. The Labute approximate surface area is 176 Å². The molecule has 0 atom stereocenters. The molecule has 3 rings (SSSR count). The summed E-state index contributed by atoms with van der Waals surface area (Å²) in [5.74, 6) is -0.834. The summed E-state index contributed by atoms with van der Waals surface area (Å²) in [5, 5.41) is 3.43. The van der Waals surface area contributed by atoms with Gasteiger partial charge in [0.2, 0.25) is 0 Å². The fourth-order valence-corrected chi connectivity index (χ4v) is 4.73. The van der Waals surface area contributed by atoms with Crippen molar-refractivity contribution < 1.29 is 30.7 Å². The molecule has 3 aromatic rings. The number of thiazole rings is 1.